The Balaban J connectivity index is 2.12. The van der Waals surface area contributed by atoms with Gasteiger partial charge in [-0.25, -0.2) is 0 Å². The Labute approximate surface area is 136 Å². The lowest BCUT2D eigenvalue weighted by molar-refractivity contribution is -0.132. The lowest BCUT2D eigenvalue weighted by atomic mass is 10.1. The van der Waals surface area contributed by atoms with Crippen LogP contribution in [0.1, 0.15) is 25.0 Å². The zero-order valence-corrected chi connectivity index (χ0v) is 13.7. The third-order valence-corrected chi connectivity index (χ3v) is 3.73. The van der Waals surface area contributed by atoms with Crippen LogP contribution in [0.3, 0.4) is 0 Å². The molecular weight excluding hydrogens is 296 g/mol. The average Bonchev–Trinajstić information content (AvgIpc) is 2.44. The highest BCUT2D eigenvalue weighted by Crippen LogP contribution is 2.16. The summed E-state index contributed by atoms with van der Waals surface area (Å²) in [4.78, 5) is 14.5. The molecule has 2 N–H and O–H groups in total. The van der Waals surface area contributed by atoms with Crippen LogP contribution < -0.4 is 5.73 Å². The molecule has 0 aliphatic heterocycles. The van der Waals surface area contributed by atoms with E-state index in [-0.39, 0.29) is 11.9 Å². The number of benzene rings is 2. The van der Waals surface area contributed by atoms with Crippen LogP contribution in [0.5, 0.6) is 0 Å². The molecule has 0 aliphatic rings. The fourth-order valence-corrected chi connectivity index (χ4v) is 2.58. The number of carbonyl (C=O) groups excluding carboxylic acids is 1. The number of anilines is 1. The van der Waals surface area contributed by atoms with Gasteiger partial charge in [0.2, 0.25) is 5.91 Å². The molecule has 0 bridgehead atoms. The van der Waals surface area contributed by atoms with Crippen molar-refractivity contribution in [1.29, 1.82) is 0 Å². The minimum absolute atomic E-state index is 0.0839. The minimum atomic E-state index is 0.0839. The van der Waals surface area contributed by atoms with E-state index in [0.29, 0.717) is 23.7 Å². The Morgan fingerprint density at radius 2 is 1.82 bits per heavy atom. The third kappa shape index (κ3) is 4.50. The molecule has 3 nitrogen and oxygen atoms in total. The largest absolute Gasteiger partial charge is 0.399 e. The van der Waals surface area contributed by atoms with Crippen molar-refractivity contribution in [3.63, 3.8) is 0 Å². The highest BCUT2D eigenvalue weighted by molar-refractivity contribution is 6.30. The quantitative estimate of drug-likeness (QED) is 0.850. The predicted octanol–water partition coefficient (Wildman–Crippen LogP) is 3.90. The van der Waals surface area contributed by atoms with Crippen LogP contribution in [-0.2, 0) is 17.8 Å². The summed E-state index contributed by atoms with van der Waals surface area (Å²) in [6, 6.07) is 15.2. The molecule has 0 spiro atoms. The number of nitrogen functional groups attached to an aromatic ring is 1. The van der Waals surface area contributed by atoms with Gasteiger partial charge in [-0.1, -0.05) is 35.9 Å². The van der Waals surface area contributed by atoms with E-state index >= 15 is 0 Å². The molecule has 2 aromatic rings. The molecule has 116 valence electrons. The molecule has 0 aromatic heterocycles. The topological polar surface area (TPSA) is 46.3 Å². The fourth-order valence-electron chi connectivity index (χ4n) is 2.37. The molecule has 0 atom stereocenters. The summed E-state index contributed by atoms with van der Waals surface area (Å²) in [5, 5.41) is 0.685. The van der Waals surface area contributed by atoms with Crippen molar-refractivity contribution in [2.24, 2.45) is 0 Å². The summed E-state index contributed by atoms with van der Waals surface area (Å²) in [6.07, 6.45) is 0.351. The van der Waals surface area contributed by atoms with Gasteiger partial charge < -0.3 is 10.6 Å². The molecule has 4 heteroatoms. The zero-order chi connectivity index (χ0) is 16.1. The first-order valence-electron chi connectivity index (χ1n) is 7.34. The Bertz CT molecular complexity index is 655. The lowest BCUT2D eigenvalue weighted by Crippen LogP contribution is -2.37. The van der Waals surface area contributed by atoms with E-state index < -0.39 is 0 Å². The van der Waals surface area contributed by atoms with Crippen molar-refractivity contribution >= 4 is 23.2 Å². The summed E-state index contributed by atoms with van der Waals surface area (Å²) in [5.74, 6) is 0.0839. The second-order valence-electron chi connectivity index (χ2n) is 5.67. The maximum atomic E-state index is 12.6. The van der Waals surface area contributed by atoms with E-state index in [0.717, 1.165) is 11.1 Å². The Kier molecular flexibility index (Phi) is 5.45. The Morgan fingerprint density at radius 1 is 1.14 bits per heavy atom. The number of nitrogens with zero attached hydrogens (tertiary/aromatic N) is 1. The zero-order valence-electron chi connectivity index (χ0n) is 12.9. The van der Waals surface area contributed by atoms with E-state index in [2.05, 4.69) is 0 Å². The first kappa shape index (κ1) is 16.4. The van der Waals surface area contributed by atoms with Gasteiger partial charge in [0.05, 0.1) is 6.42 Å². The van der Waals surface area contributed by atoms with Crippen molar-refractivity contribution in [3.05, 3.63) is 64.7 Å². The molecule has 0 radical (unpaired) electrons. The monoisotopic (exact) mass is 316 g/mol. The summed E-state index contributed by atoms with van der Waals surface area (Å²) < 4.78 is 0. The maximum Gasteiger partial charge on any atom is 0.227 e. The smallest absolute Gasteiger partial charge is 0.227 e. The highest BCUT2D eigenvalue weighted by atomic mass is 35.5. The number of amides is 1. The van der Waals surface area contributed by atoms with E-state index in [4.69, 9.17) is 17.3 Å². The van der Waals surface area contributed by atoms with Gasteiger partial charge in [0.25, 0.3) is 0 Å². The van der Waals surface area contributed by atoms with E-state index in [9.17, 15) is 4.79 Å². The van der Waals surface area contributed by atoms with Gasteiger partial charge in [-0.3, -0.25) is 4.79 Å². The van der Waals surface area contributed by atoms with Gasteiger partial charge in [-0.05, 0) is 49.2 Å². The highest BCUT2D eigenvalue weighted by Gasteiger charge is 2.17. The molecule has 2 aromatic carbocycles. The van der Waals surface area contributed by atoms with Gasteiger partial charge in [0.15, 0.2) is 0 Å². The first-order valence-corrected chi connectivity index (χ1v) is 7.72. The molecule has 2 rings (SSSR count). The predicted molar refractivity (Wildman–Crippen MR) is 91.7 cm³/mol. The fraction of sp³-hybridized carbons (Fsp3) is 0.278. The van der Waals surface area contributed by atoms with Crippen molar-refractivity contribution in [3.8, 4) is 0 Å². The van der Waals surface area contributed by atoms with Crippen LogP contribution in [0.4, 0.5) is 5.69 Å². The van der Waals surface area contributed by atoms with Crippen LogP contribution in [0, 0.1) is 0 Å². The summed E-state index contributed by atoms with van der Waals surface area (Å²) in [5.41, 5.74) is 8.41. The number of hydrogen-bond donors (Lipinski definition) is 1. The number of hydrogen-bond acceptors (Lipinski definition) is 2. The second-order valence-corrected chi connectivity index (χ2v) is 6.10. The van der Waals surface area contributed by atoms with Crippen molar-refractivity contribution in [2.45, 2.75) is 32.9 Å². The minimum Gasteiger partial charge on any atom is -0.399 e. The van der Waals surface area contributed by atoms with Crippen LogP contribution in [-0.4, -0.2) is 16.8 Å². The molecule has 1 amide bonds. The van der Waals surface area contributed by atoms with E-state index in [1.165, 1.54) is 0 Å². The maximum absolute atomic E-state index is 12.6. The number of rotatable bonds is 5. The second kappa shape index (κ2) is 7.32. The molecule has 0 aliphatic carbocycles. The summed E-state index contributed by atoms with van der Waals surface area (Å²) in [7, 11) is 0. The molecule has 0 fully saturated rings. The first-order chi connectivity index (χ1) is 10.5. The van der Waals surface area contributed by atoms with Crippen LogP contribution in [0.15, 0.2) is 48.5 Å². The van der Waals surface area contributed by atoms with Crippen molar-refractivity contribution < 1.29 is 4.79 Å². The molecule has 22 heavy (non-hydrogen) atoms. The SMILES string of the molecule is CC(C)N(Cc1cccc(Cl)c1)C(=O)Cc1cccc(N)c1. The van der Waals surface area contributed by atoms with E-state index in [1.54, 1.807) is 0 Å². The molecule has 0 saturated carbocycles. The van der Waals surface area contributed by atoms with E-state index in [1.807, 2.05) is 67.3 Å². The summed E-state index contributed by atoms with van der Waals surface area (Å²) in [6.45, 7) is 4.59. The third-order valence-electron chi connectivity index (χ3n) is 3.49. The standard InChI is InChI=1S/C18H21ClN2O/c1-13(2)21(12-15-6-3-7-16(19)9-15)18(22)11-14-5-4-8-17(20)10-14/h3-10,13H,11-12,20H2,1-2H3. The normalized spacial score (nSPS) is 10.7. The van der Waals surface area contributed by atoms with Crippen LogP contribution in [0.2, 0.25) is 5.02 Å². The summed E-state index contributed by atoms with van der Waals surface area (Å²) >= 11 is 6.02. The average molecular weight is 317 g/mol. The van der Waals surface area contributed by atoms with Crippen LogP contribution >= 0.6 is 11.6 Å². The Hall–Kier alpha value is -2.00. The Morgan fingerprint density at radius 3 is 2.45 bits per heavy atom. The lowest BCUT2D eigenvalue weighted by Gasteiger charge is -2.27. The molecule has 0 heterocycles. The van der Waals surface area contributed by atoms with Gasteiger partial charge >= 0.3 is 0 Å². The number of carbonyl (C=O) groups is 1. The van der Waals surface area contributed by atoms with Crippen molar-refractivity contribution in [1.82, 2.24) is 4.90 Å². The number of nitrogens with two attached hydrogens (primary N) is 1. The van der Waals surface area contributed by atoms with Crippen molar-refractivity contribution in [2.75, 3.05) is 5.73 Å². The van der Waals surface area contributed by atoms with Crippen LogP contribution in [0.25, 0.3) is 0 Å². The van der Waals surface area contributed by atoms with Gasteiger partial charge in [-0.2, -0.15) is 0 Å². The van der Waals surface area contributed by atoms with Gasteiger partial charge in [0.1, 0.15) is 0 Å². The molecule has 0 saturated heterocycles. The molecular formula is C18H21ClN2O. The number of halogens is 1. The molecule has 0 unspecified atom stereocenters. The van der Waals surface area contributed by atoms with Gasteiger partial charge in [-0.15, -0.1) is 0 Å². The van der Waals surface area contributed by atoms with Gasteiger partial charge in [0, 0.05) is 23.3 Å².